The van der Waals surface area contributed by atoms with E-state index < -0.39 is 0 Å². The average molecular weight is 316 g/mol. The van der Waals surface area contributed by atoms with Gasteiger partial charge in [0.1, 0.15) is 0 Å². The van der Waals surface area contributed by atoms with Crippen LogP contribution >= 0.6 is 12.6 Å². The molecule has 0 aliphatic carbocycles. The Labute approximate surface area is 136 Å². The lowest BCUT2D eigenvalue weighted by Crippen LogP contribution is -2.59. The highest BCUT2D eigenvalue weighted by atomic mass is 32.1. The summed E-state index contributed by atoms with van der Waals surface area (Å²) < 4.78 is 6.36. The molecule has 2 rings (SSSR count). The van der Waals surface area contributed by atoms with E-state index in [9.17, 15) is 0 Å². The van der Waals surface area contributed by atoms with Crippen LogP contribution in [0.15, 0.2) is 0 Å². The highest BCUT2D eigenvalue weighted by Crippen LogP contribution is 2.30. The van der Waals surface area contributed by atoms with Crippen LogP contribution in [0.3, 0.4) is 0 Å². The topological polar surface area (TPSA) is 27.7 Å². The van der Waals surface area contributed by atoms with Crippen LogP contribution in [-0.2, 0) is 4.74 Å². The van der Waals surface area contributed by atoms with Crippen LogP contribution in [0, 0.1) is 0 Å². The summed E-state index contributed by atoms with van der Waals surface area (Å²) in [6.07, 6.45) is 1.12. The molecule has 3 atom stereocenters. The molecular weight excluding hydrogens is 282 g/mol. The number of nitrogens with zero attached hydrogens (tertiary/aromatic N) is 2. The minimum Gasteiger partial charge on any atom is -0.371 e. The van der Waals surface area contributed by atoms with E-state index in [1.54, 1.807) is 0 Å². The molecule has 0 aromatic heterocycles. The highest BCUT2D eigenvalue weighted by molar-refractivity contribution is 7.81. The van der Waals surface area contributed by atoms with Crippen LogP contribution < -0.4 is 5.32 Å². The minimum atomic E-state index is -0.199. The van der Waals surface area contributed by atoms with Gasteiger partial charge in [-0.3, -0.25) is 9.80 Å². The van der Waals surface area contributed by atoms with Gasteiger partial charge in [0.15, 0.2) is 0 Å². The van der Waals surface area contributed by atoms with Crippen LogP contribution in [0.2, 0.25) is 0 Å². The van der Waals surface area contributed by atoms with E-state index in [1.165, 1.54) is 0 Å². The van der Waals surface area contributed by atoms with E-state index in [0.29, 0.717) is 18.7 Å². The Morgan fingerprint density at radius 1 is 1.43 bits per heavy atom. The molecule has 2 aliphatic heterocycles. The smallest absolute Gasteiger partial charge is 0.0852 e. The van der Waals surface area contributed by atoms with Crippen molar-refractivity contribution < 1.29 is 4.74 Å². The Hall–Kier alpha value is 0.190. The summed E-state index contributed by atoms with van der Waals surface area (Å²) in [5.41, 5.74) is -0.0223. The number of nitrogens with one attached hydrogen (secondary N) is 1. The first kappa shape index (κ1) is 17.5. The Morgan fingerprint density at radius 3 is 2.71 bits per heavy atom. The van der Waals surface area contributed by atoms with Crippen molar-refractivity contribution in [3.8, 4) is 0 Å². The number of hydrogen-bond acceptors (Lipinski definition) is 5. The van der Waals surface area contributed by atoms with Crippen LogP contribution in [-0.4, -0.2) is 71.7 Å². The molecule has 2 fully saturated rings. The molecule has 2 saturated heterocycles. The predicted molar refractivity (Wildman–Crippen MR) is 92.1 cm³/mol. The normalized spacial score (nSPS) is 35.3. The first-order valence-corrected chi connectivity index (χ1v) is 8.76. The molecule has 0 aromatic carbocycles. The van der Waals surface area contributed by atoms with Gasteiger partial charge >= 0.3 is 0 Å². The molecule has 2 aliphatic rings. The average Bonchev–Trinajstić information content (AvgIpc) is 2.81. The number of hydrogen-bond donors (Lipinski definition) is 2. The second kappa shape index (κ2) is 6.75. The van der Waals surface area contributed by atoms with Crippen LogP contribution in [0.25, 0.3) is 0 Å². The van der Waals surface area contributed by atoms with Gasteiger partial charge < -0.3 is 10.1 Å². The van der Waals surface area contributed by atoms with Gasteiger partial charge in [0.25, 0.3) is 0 Å². The van der Waals surface area contributed by atoms with Crippen molar-refractivity contribution in [1.29, 1.82) is 0 Å². The second-order valence-corrected chi connectivity index (χ2v) is 8.48. The van der Waals surface area contributed by atoms with Crippen molar-refractivity contribution in [1.82, 2.24) is 15.1 Å². The molecule has 0 saturated carbocycles. The monoisotopic (exact) mass is 315 g/mol. The summed E-state index contributed by atoms with van der Waals surface area (Å²) in [6.45, 7) is 17.2. The van der Waals surface area contributed by atoms with E-state index in [2.05, 4.69) is 49.7 Å². The van der Waals surface area contributed by atoms with Crippen LogP contribution in [0.1, 0.15) is 41.0 Å². The van der Waals surface area contributed by atoms with Gasteiger partial charge in [-0.25, -0.2) is 0 Å². The molecule has 0 radical (unpaired) electrons. The number of rotatable bonds is 5. The fourth-order valence-corrected chi connectivity index (χ4v) is 3.84. The molecular formula is C16H33N3OS. The minimum absolute atomic E-state index is 0.0223. The summed E-state index contributed by atoms with van der Waals surface area (Å²) in [6, 6.07) is 1.11. The maximum absolute atomic E-state index is 6.36. The highest BCUT2D eigenvalue weighted by Gasteiger charge is 2.39. The Balaban J connectivity index is 1.89. The standard InChI is InChI=1S/C16H33N3OS/c1-13(2)18-8-6-15(4,11-18)20-12-16(5,21)19-9-7-17-10-14(19)3/h13-14,17,21H,6-12H2,1-5H3. The first-order valence-electron chi connectivity index (χ1n) is 8.31. The second-order valence-electron chi connectivity index (χ2n) is 7.52. The fraction of sp³-hybridized carbons (Fsp3) is 1.00. The third-order valence-corrected chi connectivity index (χ3v) is 5.40. The zero-order chi connectivity index (χ0) is 15.7. The predicted octanol–water partition coefficient (Wildman–Crippen LogP) is 1.82. The maximum atomic E-state index is 6.36. The third kappa shape index (κ3) is 4.35. The van der Waals surface area contributed by atoms with Crippen LogP contribution in [0.4, 0.5) is 0 Å². The zero-order valence-electron chi connectivity index (χ0n) is 14.4. The number of ether oxygens (including phenoxy) is 1. The van der Waals surface area contributed by atoms with Crippen molar-refractivity contribution in [3.63, 3.8) is 0 Å². The molecule has 3 unspecified atom stereocenters. The summed E-state index contributed by atoms with van der Waals surface area (Å²) in [5.74, 6) is 0. The molecule has 4 nitrogen and oxygen atoms in total. The number of piperazine rings is 1. The van der Waals surface area contributed by atoms with E-state index in [0.717, 1.165) is 39.1 Å². The summed E-state index contributed by atoms with van der Waals surface area (Å²) >= 11 is 4.92. The molecule has 21 heavy (non-hydrogen) atoms. The van der Waals surface area contributed by atoms with Gasteiger partial charge in [0.05, 0.1) is 17.1 Å². The van der Waals surface area contributed by atoms with E-state index in [-0.39, 0.29) is 10.5 Å². The molecule has 2 heterocycles. The SMILES string of the molecule is CC(C)N1CCC(C)(OCC(C)(S)N2CCNCC2C)C1. The Bertz CT molecular complexity index is 350. The van der Waals surface area contributed by atoms with Gasteiger partial charge in [-0.05, 0) is 41.0 Å². The van der Waals surface area contributed by atoms with Crippen molar-refractivity contribution in [2.45, 2.75) is 63.6 Å². The summed E-state index contributed by atoms with van der Waals surface area (Å²) in [4.78, 5) is 4.77. The molecule has 0 aromatic rings. The van der Waals surface area contributed by atoms with Gasteiger partial charge in [0, 0.05) is 44.8 Å². The Morgan fingerprint density at radius 2 is 2.14 bits per heavy atom. The number of likely N-dealkylation sites (tertiary alicyclic amines) is 1. The summed E-state index contributed by atoms with van der Waals surface area (Å²) in [7, 11) is 0. The molecule has 0 bridgehead atoms. The van der Waals surface area contributed by atoms with Crippen molar-refractivity contribution in [3.05, 3.63) is 0 Å². The van der Waals surface area contributed by atoms with Crippen molar-refractivity contribution >= 4 is 12.6 Å². The van der Waals surface area contributed by atoms with Gasteiger partial charge in [-0.15, -0.1) is 0 Å². The summed E-state index contributed by atoms with van der Waals surface area (Å²) in [5, 5.41) is 3.44. The van der Waals surface area contributed by atoms with Gasteiger partial charge in [-0.1, -0.05) is 0 Å². The van der Waals surface area contributed by atoms with E-state index >= 15 is 0 Å². The quantitative estimate of drug-likeness (QED) is 0.757. The molecule has 0 spiro atoms. The first-order chi connectivity index (χ1) is 9.73. The molecule has 124 valence electrons. The molecule has 1 N–H and O–H groups in total. The van der Waals surface area contributed by atoms with Crippen LogP contribution in [0.5, 0.6) is 0 Å². The Kier molecular flexibility index (Phi) is 5.64. The van der Waals surface area contributed by atoms with Gasteiger partial charge in [-0.2, -0.15) is 12.6 Å². The van der Waals surface area contributed by atoms with Gasteiger partial charge in [0.2, 0.25) is 0 Å². The zero-order valence-corrected chi connectivity index (χ0v) is 15.2. The lowest BCUT2D eigenvalue weighted by atomic mass is 10.1. The lowest BCUT2D eigenvalue weighted by Gasteiger charge is -2.45. The fourth-order valence-electron chi connectivity index (χ4n) is 3.48. The lowest BCUT2D eigenvalue weighted by molar-refractivity contribution is -0.0642. The maximum Gasteiger partial charge on any atom is 0.0852 e. The van der Waals surface area contributed by atoms with E-state index in [1.807, 2.05) is 0 Å². The van der Waals surface area contributed by atoms with Crippen molar-refractivity contribution in [2.75, 3.05) is 39.3 Å². The largest absolute Gasteiger partial charge is 0.371 e. The van der Waals surface area contributed by atoms with Crippen molar-refractivity contribution in [2.24, 2.45) is 0 Å². The third-order valence-electron chi connectivity index (χ3n) is 5.01. The van der Waals surface area contributed by atoms with E-state index in [4.69, 9.17) is 17.4 Å². The molecule has 0 amide bonds. The molecule has 5 heteroatoms. The number of thiol groups is 1.